The number of allylic oxidation sites excluding steroid dienone is 2. The fourth-order valence-electron chi connectivity index (χ4n) is 3.53. The minimum atomic E-state index is -0.190. The Morgan fingerprint density at radius 3 is 2.71 bits per heavy atom. The van der Waals surface area contributed by atoms with E-state index in [4.69, 9.17) is 0 Å². The van der Waals surface area contributed by atoms with Gasteiger partial charge in [-0.05, 0) is 31.1 Å². The first-order valence-electron chi connectivity index (χ1n) is 8.17. The third kappa shape index (κ3) is 2.45. The van der Waals surface area contributed by atoms with Gasteiger partial charge in [0.25, 0.3) is 0 Å². The molecule has 4 rings (SSSR count). The van der Waals surface area contributed by atoms with E-state index in [1.807, 2.05) is 10.9 Å². The summed E-state index contributed by atoms with van der Waals surface area (Å²) >= 11 is 1.51. The molecule has 2 aliphatic rings. The number of Topliss-reactive ketones (excluding diaryl/α,β-unsaturated/α-hetero) is 1. The van der Waals surface area contributed by atoms with Crippen LogP contribution in [0.1, 0.15) is 36.9 Å². The predicted octanol–water partition coefficient (Wildman–Crippen LogP) is 3.58. The average molecular weight is 340 g/mol. The number of benzene rings is 1. The maximum absolute atomic E-state index is 12.8. The number of rotatable bonds is 2. The lowest BCUT2D eigenvalue weighted by atomic mass is 9.81. The van der Waals surface area contributed by atoms with Crippen molar-refractivity contribution in [2.75, 3.05) is 11.6 Å². The summed E-state index contributed by atoms with van der Waals surface area (Å²) in [7, 11) is 0. The van der Waals surface area contributed by atoms with Crippen LogP contribution >= 0.6 is 11.8 Å². The maximum atomic E-state index is 12.8. The molecule has 5 nitrogen and oxygen atoms in total. The van der Waals surface area contributed by atoms with Crippen LogP contribution in [0.15, 0.2) is 40.7 Å². The van der Waals surface area contributed by atoms with Crippen molar-refractivity contribution in [3.05, 3.63) is 46.7 Å². The second kappa shape index (κ2) is 5.77. The van der Waals surface area contributed by atoms with E-state index in [-0.39, 0.29) is 11.8 Å². The minimum absolute atomic E-state index is 0.190. The molecule has 2 aromatic rings. The topological polar surface area (TPSA) is 59.8 Å². The van der Waals surface area contributed by atoms with Crippen LogP contribution in [0.5, 0.6) is 0 Å². The second-order valence-electron chi connectivity index (χ2n) is 6.63. The molecule has 0 fully saturated rings. The molecule has 2 heterocycles. The lowest BCUT2D eigenvalue weighted by molar-refractivity contribution is -0.117. The van der Waals surface area contributed by atoms with E-state index < -0.39 is 0 Å². The molecule has 1 aromatic heterocycles. The Hall–Kier alpha value is -2.08. The molecule has 2 atom stereocenters. The normalized spacial score (nSPS) is 22.9. The molecule has 1 aromatic carbocycles. The number of ketones is 1. The Kier molecular flexibility index (Phi) is 3.72. The van der Waals surface area contributed by atoms with Crippen molar-refractivity contribution < 1.29 is 4.79 Å². The molecular weight excluding hydrogens is 320 g/mol. The summed E-state index contributed by atoms with van der Waals surface area (Å²) in [4.78, 5) is 17.4. The van der Waals surface area contributed by atoms with Crippen LogP contribution in [0.4, 0.5) is 5.95 Å². The lowest BCUT2D eigenvalue weighted by Gasteiger charge is -2.34. The lowest BCUT2D eigenvalue weighted by Crippen LogP contribution is -2.33. The van der Waals surface area contributed by atoms with Crippen molar-refractivity contribution in [2.45, 2.75) is 37.9 Å². The maximum Gasteiger partial charge on any atom is 0.227 e. The number of thioether (sulfide) groups is 1. The Bertz CT molecular complexity index is 837. The van der Waals surface area contributed by atoms with Gasteiger partial charge in [0.05, 0.1) is 0 Å². The molecule has 0 amide bonds. The monoisotopic (exact) mass is 340 g/mol. The van der Waals surface area contributed by atoms with Crippen LogP contribution in [-0.2, 0) is 4.79 Å². The molecule has 0 bridgehead atoms. The summed E-state index contributed by atoms with van der Waals surface area (Å²) in [6.45, 7) is 4.19. The number of carbonyl (C=O) groups is 1. The molecule has 0 unspecified atom stereocenters. The second-order valence-corrected chi connectivity index (χ2v) is 7.41. The first-order valence-corrected chi connectivity index (χ1v) is 9.39. The van der Waals surface area contributed by atoms with Gasteiger partial charge in [-0.3, -0.25) is 4.79 Å². The molecule has 6 heteroatoms. The number of carbonyl (C=O) groups excluding carboxylic acids is 1. The van der Waals surface area contributed by atoms with Gasteiger partial charge in [0.1, 0.15) is 6.04 Å². The molecule has 1 aliphatic carbocycles. The van der Waals surface area contributed by atoms with Crippen molar-refractivity contribution in [1.82, 2.24) is 14.8 Å². The number of nitrogens with zero attached hydrogens (tertiary/aromatic N) is 3. The van der Waals surface area contributed by atoms with E-state index in [1.54, 1.807) is 0 Å². The summed E-state index contributed by atoms with van der Waals surface area (Å²) in [6, 6.07) is 8.15. The van der Waals surface area contributed by atoms with Crippen molar-refractivity contribution in [2.24, 2.45) is 5.92 Å². The highest BCUT2D eigenvalue weighted by Gasteiger charge is 2.38. The number of aromatic nitrogens is 3. The zero-order valence-corrected chi connectivity index (χ0v) is 14.9. The number of nitrogens with one attached hydrogen (secondary N) is 1. The van der Waals surface area contributed by atoms with Gasteiger partial charge in [-0.2, -0.15) is 4.98 Å². The van der Waals surface area contributed by atoms with Gasteiger partial charge in [0.15, 0.2) is 5.78 Å². The van der Waals surface area contributed by atoms with E-state index in [0.717, 1.165) is 34.4 Å². The standard InChI is InChI=1S/C18H20N4OS/c1-10-4-6-12(7-5-10)16-15-13(8-11(2)9-14(15)23)19-17-20-18(24-3)21-22(16)17/h4-7,11,16H,8-9H2,1-3H3,(H,19,20,21)/t11-,16+/m0/s1. The van der Waals surface area contributed by atoms with Gasteiger partial charge >= 0.3 is 0 Å². The van der Waals surface area contributed by atoms with Gasteiger partial charge in [-0.25, -0.2) is 4.68 Å². The van der Waals surface area contributed by atoms with Crippen molar-refractivity contribution in [3.8, 4) is 0 Å². The largest absolute Gasteiger partial charge is 0.328 e. The number of anilines is 1. The Morgan fingerprint density at radius 1 is 1.25 bits per heavy atom. The van der Waals surface area contributed by atoms with Crippen LogP contribution < -0.4 is 5.32 Å². The summed E-state index contributed by atoms with van der Waals surface area (Å²) in [5.74, 6) is 1.30. The average Bonchev–Trinajstić information content (AvgIpc) is 2.96. The molecular formula is C18H20N4OS. The molecule has 1 aliphatic heterocycles. The zero-order chi connectivity index (χ0) is 16.8. The van der Waals surface area contributed by atoms with Gasteiger partial charge in [0, 0.05) is 17.7 Å². The van der Waals surface area contributed by atoms with Crippen LogP contribution in [0.2, 0.25) is 0 Å². The molecule has 1 N–H and O–H groups in total. The number of hydrogen-bond acceptors (Lipinski definition) is 5. The third-order valence-corrected chi connectivity index (χ3v) is 5.22. The van der Waals surface area contributed by atoms with Gasteiger partial charge < -0.3 is 5.32 Å². The Labute approximate surface area is 145 Å². The first-order chi connectivity index (χ1) is 11.6. The highest BCUT2D eigenvalue weighted by molar-refractivity contribution is 7.98. The molecule has 0 saturated carbocycles. The van der Waals surface area contributed by atoms with Crippen LogP contribution in [0.3, 0.4) is 0 Å². The van der Waals surface area contributed by atoms with Crippen molar-refractivity contribution in [1.29, 1.82) is 0 Å². The highest BCUT2D eigenvalue weighted by Crippen LogP contribution is 2.41. The number of hydrogen-bond donors (Lipinski definition) is 1. The highest BCUT2D eigenvalue weighted by atomic mass is 32.2. The number of aryl methyl sites for hydroxylation is 1. The fraction of sp³-hybridized carbons (Fsp3) is 0.389. The quantitative estimate of drug-likeness (QED) is 0.847. The van der Waals surface area contributed by atoms with Crippen LogP contribution in [-0.4, -0.2) is 26.8 Å². The summed E-state index contributed by atoms with van der Waals surface area (Å²) in [5, 5.41) is 8.69. The first kappa shape index (κ1) is 15.4. The smallest absolute Gasteiger partial charge is 0.227 e. The van der Waals surface area contributed by atoms with Crippen molar-refractivity contribution in [3.63, 3.8) is 0 Å². The Morgan fingerprint density at radius 2 is 2.00 bits per heavy atom. The fourth-order valence-corrected chi connectivity index (χ4v) is 3.88. The van der Waals surface area contributed by atoms with E-state index >= 15 is 0 Å². The van der Waals surface area contributed by atoms with E-state index in [1.165, 1.54) is 17.3 Å². The van der Waals surface area contributed by atoms with Crippen molar-refractivity contribution >= 4 is 23.5 Å². The van der Waals surface area contributed by atoms with Gasteiger partial charge in [0.2, 0.25) is 11.1 Å². The minimum Gasteiger partial charge on any atom is -0.328 e. The molecule has 0 saturated heterocycles. The molecule has 0 spiro atoms. The van der Waals surface area contributed by atoms with Crippen LogP contribution in [0, 0.1) is 12.8 Å². The van der Waals surface area contributed by atoms with Crippen LogP contribution in [0.25, 0.3) is 0 Å². The van der Waals surface area contributed by atoms with Gasteiger partial charge in [-0.1, -0.05) is 48.5 Å². The van der Waals surface area contributed by atoms with Gasteiger partial charge in [-0.15, -0.1) is 5.10 Å². The summed E-state index contributed by atoms with van der Waals surface area (Å²) < 4.78 is 1.86. The molecule has 0 radical (unpaired) electrons. The molecule has 24 heavy (non-hydrogen) atoms. The third-order valence-electron chi connectivity index (χ3n) is 4.68. The Balaban J connectivity index is 1.90. The van der Waals surface area contributed by atoms with E-state index in [9.17, 15) is 4.79 Å². The SMILES string of the molecule is CSc1nc2n(n1)[C@H](c1ccc(C)cc1)C1=C(C[C@H](C)CC1=O)N2. The zero-order valence-electron chi connectivity index (χ0n) is 14.0. The summed E-state index contributed by atoms with van der Waals surface area (Å²) in [5.41, 5.74) is 4.14. The van der Waals surface area contributed by atoms with E-state index in [2.05, 4.69) is 53.5 Å². The molecule has 124 valence electrons. The number of fused-ring (bicyclic) bond motifs is 1. The summed E-state index contributed by atoms with van der Waals surface area (Å²) in [6.07, 6.45) is 3.44. The van der Waals surface area contributed by atoms with E-state index in [0.29, 0.717) is 12.3 Å². The predicted molar refractivity (Wildman–Crippen MR) is 95.2 cm³/mol.